The molecule has 0 atom stereocenters. The molecule has 0 unspecified atom stereocenters. The number of Topliss-reactive ketones (excluding diaryl/α,β-unsaturated/α-hetero) is 1. The lowest BCUT2D eigenvalue weighted by Gasteiger charge is -2.09. The Hall–Kier alpha value is -2.90. The van der Waals surface area contributed by atoms with E-state index in [0.717, 1.165) is 31.1 Å². The van der Waals surface area contributed by atoms with Crippen molar-refractivity contribution in [1.29, 1.82) is 0 Å². The number of nitrogens with one attached hydrogen (secondary N) is 1. The van der Waals surface area contributed by atoms with E-state index in [9.17, 15) is 22.8 Å². The molecule has 1 amide bonds. The number of nitrogens with zero attached hydrogens (tertiary/aromatic N) is 2. The first-order chi connectivity index (χ1) is 12.8. The minimum Gasteiger partial charge on any atom is -0.306 e. The van der Waals surface area contributed by atoms with Crippen LogP contribution < -0.4 is 5.32 Å². The third-order valence-corrected chi connectivity index (χ3v) is 3.74. The van der Waals surface area contributed by atoms with E-state index in [1.165, 1.54) is 18.2 Å². The number of alkyl halides is 3. The quantitative estimate of drug-likeness (QED) is 0.549. The zero-order valence-corrected chi connectivity index (χ0v) is 14.8. The van der Waals surface area contributed by atoms with Gasteiger partial charge in [0.15, 0.2) is 5.82 Å². The topological polar surface area (TPSA) is 64.0 Å². The summed E-state index contributed by atoms with van der Waals surface area (Å²) in [6, 6.07) is 6.62. The van der Waals surface area contributed by atoms with Crippen LogP contribution in [0.4, 0.5) is 19.0 Å². The maximum absolute atomic E-state index is 12.9. The van der Waals surface area contributed by atoms with Crippen molar-refractivity contribution in [3.05, 3.63) is 53.7 Å². The number of rotatable bonds is 8. The molecule has 5 nitrogen and oxygen atoms in total. The highest BCUT2D eigenvalue weighted by atomic mass is 19.4. The minimum atomic E-state index is -4.49. The largest absolute Gasteiger partial charge is 0.416 e. The highest BCUT2D eigenvalue weighted by molar-refractivity contribution is 6.01. The summed E-state index contributed by atoms with van der Waals surface area (Å²) in [7, 11) is 0. The molecule has 0 saturated heterocycles. The molecular formula is C19H20F3N3O2. The fourth-order valence-electron chi connectivity index (χ4n) is 2.43. The van der Waals surface area contributed by atoms with Gasteiger partial charge in [-0.05, 0) is 37.5 Å². The number of aryl methyl sites for hydroxylation is 1. The van der Waals surface area contributed by atoms with Gasteiger partial charge in [-0.25, -0.2) is 0 Å². The van der Waals surface area contributed by atoms with Crippen LogP contribution in [0.3, 0.4) is 0 Å². The van der Waals surface area contributed by atoms with E-state index in [1.54, 1.807) is 23.9 Å². The van der Waals surface area contributed by atoms with Crippen LogP contribution in [-0.4, -0.2) is 21.5 Å². The van der Waals surface area contributed by atoms with Crippen molar-refractivity contribution in [3.8, 4) is 0 Å². The second kappa shape index (κ2) is 9.16. The molecule has 0 aliphatic carbocycles. The van der Waals surface area contributed by atoms with E-state index in [2.05, 4.69) is 10.4 Å². The van der Waals surface area contributed by atoms with Crippen LogP contribution >= 0.6 is 0 Å². The number of benzene rings is 1. The van der Waals surface area contributed by atoms with Crippen molar-refractivity contribution in [2.75, 3.05) is 5.32 Å². The van der Waals surface area contributed by atoms with Crippen molar-refractivity contribution in [1.82, 2.24) is 9.78 Å². The molecule has 0 aliphatic heterocycles. The number of hydrogen-bond donors (Lipinski definition) is 1. The maximum atomic E-state index is 12.9. The van der Waals surface area contributed by atoms with E-state index in [4.69, 9.17) is 0 Å². The third-order valence-electron chi connectivity index (χ3n) is 3.74. The molecule has 0 aliphatic rings. The predicted molar refractivity (Wildman–Crippen MR) is 95.9 cm³/mol. The number of hydrogen-bond acceptors (Lipinski definition) is 3. The van der Waals surface area contributed by atoms with Gasteiger partial charge < -0.3 is 10.1 Å². The molecule has 0 saturated carbocycles. The second-order valence-corrected chi connectivity index (χ2v) is 6.03. The molecule has 1 aromatic heterocycles. The number of amides is 1. The molecule has 0 spiro atoms. The molecular weight excluding hydrogens is 359 g/mol. The smallest absolute Gasteiger partial charge is 0.306 e. The van der Waals surface area contributed by atoms with Crippen molar-refractivity contribution >= 4 is 23.6 Å². The highest BCUT2D eigenvalue weighted by Crippen LogP contribution is 2.32. The van der Waals surface area contributed by atoms with Gasteiger partial charge in [0.05, 0.1) is 5.56 Å². The molecule has 0 radical (unpaired) electrons. The standard InChI is InChI=1S/C19H20F3N3O2/c1-14(26)6-4-5-12-25-13-11-17(24-25)23-18(27)10-9-15-7-2-3-8-16(15)19(20,21)22/h2-3,7-11,13H,4-6,12H2,1H3,(H,23,24,27). The Morgan fingerprint density at radius 2 is 1.93 bits per heavy atom. The van der Waals surface area contributed by atoms with Gasteiger partial charge in [-0.15, -0.1) is 0 Å². The first kappa shape index (κ1) is 20.4. The van der Waals surface area contributed by atoms with Gasteiger partial charge in [-0.1, -0.05) is 18.2 Å². The average Bonchev–Trinajstić information content (AvgIpc) is 3.03. The highest BCUT2D eigenvalue weighted by Gasteiger charge is 2.32. The number of anilines is 1. The number of halogens is 3. The van der Waals surface area contributed by atoms with Crippen LogP contribution in [0.25, 0.3) is 6.08 Å². The van der Waals surface area contributed by atoms with E-state index in [0.29, 0.717) is 18.8 Å². The van der Waals surface area contributed by atoms with Crippen LogP contribution in [0.5, 0.6) is 0 Å². The van der Waals surface area contributed by atoms with Crippen LogP contribution in [0, 0.1) is 0 Å². The Balaban J connectivity index is 1.91. The molecule has 2 aromatic rings. The Labute approximate surface area is 154 Å². The van der Waals surface area contributed by atoms with Gasteiger partial charge in [-0.3, -0.25) is 9.48 Å². The summed E-state index contributed by atoms with van der Waals surface area (Å²) in [6.45, 7) is 2.15. The minimum absolute atomic E-state index is 0.0869. The Morgan fingerprint density at radius 3 is 2.63 bits per heavy atom. The molecule has 0 fully saturated rings. The summed E-state index contributed by atoms with van der Waals surface area (Å²) >= 11 is 0. The van der Waals surface area contributed by atoms with Gasteiger partial charge in [0.2, 0.25) is 5.91 Å². The number of ketones is 1. The molecule has 1 N–H and O–H groups in total. The second-order valence-electron chi connectivity index (χ2n) is 6.03. The van der Waals surface area contributed by atoms with Crippen LogP contribution in [0.1, 0.15) is 37.3 Å². The third kappa shape index (κ3) is 6.73. The first-order valence-corrected chi connectivity index (χ1v) is 8.44. The number of unbranched alkanes of at least 4 members (excludes halogenated alkanes) is 1. The molecule has 2 rings (SSSR count). The SMILES string of the molecule is CC(=O)CCCCn1ccc(NC(=O)C=Cc2ccccc2C(F)(F)F)n1. The zero-order valence-electron chi connectivity index (χ0n) is 14.8. The predicted octanol–water partition coefficient (Wildman–Crippen LogP) is 4.31. The van der Waals surface area contributed by atoms with Crippen molar-refractivity contribution < 1.29 is 22.8 Å². The molecule has 27 heavy (non-hydrogen) atoms. The van der Waals surface area contributed by atoms with Crippen LogP contribution in [0.2, 0.25) is 0 Å². The molecule has 1 heterocycles. The fourth-order valence-corrected chi connectivity index (χ4v) is 2.43. The van der Waals surface area contributed by atoms with Crippen molar-refractivity contribution in [3.63, 3.8) is 0 Å². The summed E-state index contributed by atoms with van der Waals surface area (Å²) in [6.07, 6.45) is 1.42. The monoisotopic (exact) mass is 379 g/mol. The van der Waals surface area contributed by atoms with Gasteiger partial charge >= 0.3 is 6.18 Å². The van der Waals surface area contributed by atoms with Gasteiger partial charge in [0.25, 0.3) is 0 Å². The van der Waals surface area contributed by atoms with E-state index in [1.807, 2.05) is 0 Å². The van der Waals surface area contributed by atoms with E-state index in [-0.39, 0.29) is 11.3 Å². The van der Waals surface area contributed by atoms with Crippen LogP contribution in [0.15, 0.2) is 42.6 Å². The Kier molecular flexibility index (Phi) is 6.92. The van der Waals surface area contributed by atoms with Crippen molar-refractivity contribution in [2.45, 2.75) is 38.9 Å². The number of carbonyl (C=O) groups is 2. The lowest BCUT2D eigenvalue weighted by molar-refractivity contribution is -0.137. The number of carbonyl (C=O) groups excluding carboxylic acids is 2. The normalized spacial score (nSPS) is 11.7. The van der Waals surface area contributed by atoms with Gasteiger partial charge in [0, 0.05) is 31.3 Å². The number of aromatic nitrogens is 2. The molecule has 8 heteroatoms. The summed E-state index contributed by atoms with van der Waals surface area (Å²) in [5.74, 6) is -0.128. The summed E-state index contributed by atoms with van der Waals surface area (Å²) in [5.41, 5.74) is -0.889. The average molecular weight is 379 g/mol. The van der Waals surface area contributed by atoms with Crippen LogP contribution in [-0.2, 0) is 22.3 Å². The van der Waals surface area contributed by atoms with Crippen molar-refractivity contribution in [2.24, 2.45) is 0 Å². The van der Waals surface area contributed by atoms with Gasteiger partial charge in [0.1, 0.15) is 5.78 Å². The maximum Gasteiger partial charge on any atom is 0.416 e. The lowest BCUT2D eigenvalue weighted by atomic mass is 10.1. The molecule has 144 valence electrons. The molecule has 1 aromatic carbocycles. The fraction of sp³-hybridized carbons (Fsp3) is 0.316. The van der Waals surface area contributed by atoms with E-state index < -0.39 is 17.6 Å². The zero-order chi connectivity index (χ0) is 19.9. The summed E-state index contributed by atoms with van der Waals surface area (Å²) in [4.78, 5) is 22.8. The lowest BCUT2D eigenvalue weighted by Crippen LogP contribution is -2.10. The first-order valence-electron chi connectivity index (χ1n) is 8.44. The van der Waals surface area contributed by atoms with E-state index >= 15 is 0 Å². The summed E-state index contributed by atoms with van der Waals surface area (Å²) in [5, 5.41) is 6.67. The summed E-state index contributed by atoms with van der Waals surface area (Å²) < 4.78 is 40.4. The molecule has 0 bridgehead atoms. The van der Waals surface area contributed by atoms with Gasteiger partial charge in [-0.2, -0.15) is 18.3 Å². The Bertz CT molecular complexity index is 826. The Morgan fingerprint density at radius 1 is 1.19 bits per heavy atom.